The van der Waals surface area contributed by atoms with E-state index in [4.69, 9.17) is 5.26 Å². The number of hydrogen-bond acceptors (Lipinski definition) is 4. The Kier molecular flexibility index (Phi) is 5.92. The highest BCUT2D eigenvalue weighted by Crippen LogP contribution is 2.23. The van der Waals surface area contributed by atoms with Crippen molar-refractivity contribution in [2.45, 2.75) is 19.2 Å². The van der Waals surface area contributed by atoms with E-state index in [1.165, 1.54) is 19.2 Å². The Balaban J connectivity index is 2.60. The van der Waals surface area contributed by atoms with Crippen LogP contribution in [0.15, 0.2) is 24.3 Å². The molecule has 1 aromatic carbocycles. The maximum absolute atomic E-state index is 12.0. The van der Waals surface area contributed by atoms with Crippen LogP contribution in [0, 0.1) is 17.2 Å². The average Bonchev–Trinajstić information content (AvgIpc) is 2.45. The van der Waals surface area contributed by atoms with Crippen molar-refractivity contribution in [3.63, 3.8) is 0 Å². The molecule has 0 fully saturated rings. The van der Waals surface area contributed by atoms with Crippen LogP contribution in [0.25, 0.3) is 0 Å². The quantitative estimate of drug-likeness (QED) is 0.814. The van der Waals surface area contributed by atoms with Gasteiger partial charge in [-0.15, -0.1) is 13.2 Å². The average molecular weight is 314 g/mol. The molecule has 0 heterocycles. The second-order valence-corrected chi connectivity index (χ2v) is 4.33. The van der Waals surface area contributed by atoms with Crippen molar-refractivity contribution in [1.29, 1.82) is 5.26 Å². The van der Waals surface area contributed by atoms with Gasteiger partial charge in [0.25, 0.3) is 0 Å². The van der Waals surface area contributed by atoms with Gasteiger partial charge >= 0.3 is 6.36 Å². The number of rotatable bonds is 6. The largest absolute Gasteiger partial charge is 0.573 e. The fourth-order valence-electron chi connectivity index (χ4n) is 1.69. The number of benzene rings is 1. The molecule has 0 aliphatic carbocycles. The van der Waals surface area contributed by atoms with E-state index in [2.05, 4.69) is 10.1 Å². The topological polar surface area (TPSA) is 79.2 Å². The molecule has 1 N–H and O–H groups in total. The van der Waals surface area contributed by atoms with Crippen molar-refractivity contribution in [3.05, 3.63) is 29.8 Å². The van der Waals surface area contributed by atoms with E-state index in [-0.39, 0.29) is 18.6 Å². The lowest BCUT2D eigenvalue weighted by Gasteiger charge is -2.09. The fraction of sp³-hybridized carbons (Fsp3) is 0.357. The minimum Gasteiger partial charge on any atom is -0.406 e. The molecule has 0 radical (unpaired) electrons. The van der Waals surface area contributed by atoms with Crippen molar-refractivity contribution in [2.24, 2.45) is 5.92 Å². The second-order valence-electron chi connectivity index (χ2n) is 4.33. The molecule has 0 unspecified atom stereocenters. The molecule has 0 aliphatic heterocycles. The second kappa shape index (κ2) is 7.45. The van der Waals surface area contributed by atoms with Crippen molar-refractivity contribution < 1.29 is 27.5 Å². The molecule has 0 bridgehead atoms. The molecule has 8 heteroatoms. The van der Waals surface area contributed by atoms with E-state index >= 15 is 0 Å². The van der Waals surface area contributed by atoms with Gasteiger partial charge in [0.1, 0.15) is 5.75 Å². The van der Waals surface area contributed by atoms with Gasteiger partial charge < -0.3 is 10.1 Å². The smallest absolute Gasteiger partial charge is 0.406 e. The number of halogens is 3. The summed E-state index contributed by atoms with van der Waals surface area (Å²) in [6.45, 7) is 0. The van der Waals surface area contributed by atoms with Gasteiger partial charge in [-0.2, -0.15) is 5.26 Å². The third-order valence-corrected chi connectivity index (χ3v) is 2.78. The molecule has 0 aliphatic rings. The lowest BCUT2D eigenvalue weighted by molar-refractivity contribution is -0.274. The number of carbonyl (C=O) groups excluding carboxylic acids is 2. The zero-order chi connectivity index (χ0) is 16.8. The van der Waals surface area contributed by atoms with Gasteiger partial charge in [0.2, 0.25) is 5.91 Å². The summed E-state index contributed by atoms with van der Waals surface area (Å²) in [6, 6.07) is 6.65. The highest BCUT2D eigenvalue weighted by Gasteiger charge is 2.31. The molecule has 0 saturated carbocycles. The van der Waals surface area contributed by atoms with Gasteiger partial charge in [0, 0.05) is 13.5 Å². The SMILES string of the molecule is CNC(=O)[C@H](C#N)C(=O)CCc1ccc(OC(F)(F)F)cc1. The van der Waals surface area contributed by atoms with Crippen LogP contribution in [0.3, 0.4) is 0 Å². The maximum Gasteiger partial charge on any atom is 0.573 e. The van der Waals surface area contributed by atoms with Crippen LogP contribution in [0.5, 0.6) is 5.75 Å². The number of alkyl halides is 3. The third-order valence-electron chi connectivity index (χ3n) is 2.78. The van der Waals surface area contributed by atoms with Gasteiger partial charge in [0.05, 0.1) is 6.07 Å². The van der Waals surface area contributed by atoms with Gasteiger partial charge in [-0.05, 0) is 24.1 Å². The van der Waals surface area contributed by atoms with Crippen LogP contribution < -0.4 is 10.1 Å². The van der Waals surface area contributed by atoms with Crippen LogP contribution in [0.1, 0.15) is 12.0 Å². The van der Waals surface area contributed by atoms with E-state index in [1.807, 2.05) is 0 Å². The Morgan fingerprint density at radius 3 is 2.36 bits per heavy atom. The van der Waals surface area contributed by atoms with Gasteiger partial charge in [0.15, 0.2) is 11.7 Å². The van der Waals surface area contributed by atoms with Crippen LogP contribution in [-0.2, 0) is 16.0 Å². The van der Waals surface area contributed by atoms with Crippen molar-refractivity contribution in [1.82, 2.24) is 5.32 Å². The molecule has 1 rings (SSSR count). The van der Waals surface area contributed by atoms with E-state index < -0.39 is 24.0 Å². The van der Waals surface area contributed by atoms with Crippen molar-refractivity contribution in [2.75, 3.05) is 7.05 Å². The number of ether oxygens (including phenoxy) is 1. The molecule has 1 amide bonds. The number of Topliss-reactive ketones (excluding diaryl/α,β-unsaturated/α-hetero) is 1. The summed E-state index contributed by atoms with van der Waals surface area (Å²) in [4.78, 5) is 23.0. The molecule has 0 saturated heterocycles. The molecule has 1 aromatic rings. The summed E-state index contributed by atoms with van der Waals surface area (Å²) in [6.07, 6.45) is -4.61. The first-order valence-corrected chi connectivity index (χ1v) is 6.25. The molecule has 0 aromatic heterocycles. The Labute approximate surface area is 124 Å². The minimum absolute atomic E-state index is 0.0644. The van der Waals surface area contributed by atoms with E-state index in [0.717, 1.165) is 12.1 Å². The Bertz CT molecular complexity index is 576. The zero-order valence-corrected chi connectivity index (χ0v) is 11.6. The normalized spacial score (nSPS) is 12.1. The maximum atomic E-state index is 12.0. The summed E-state index contributed by atoms with van der Waals surface area (Å²) >= 11 is 0. The number of carbonyl (C=O) groups is 2. The summed E-state index contributed by atoms with van der Waals surface area (Å²) in [5.74, 6) is -2.96. The predicted octanol–water partition coefficient (Wildman–Crippen LogP) is 1.97. The summed E-state index contributed by atoms with van der Waals surface area (Å²) in [7, 11) is 1.32. The van der Waals surface area contributed by atoms with E-state index in [1.54, 1.807) is 6.07 Å². The highest BCUT2D eigenvalue weighted by molar-refractivity contribution is 6.03. The fourth-order valence-corrected chi connectivity index (χ4v) is 1.69. The monoisotopic (exact) mass is 314 g/mol. The molecule has 22 heavy (non-hydrogen) atoms. The third kappa shape index (κ3) is 5.44. The molecule has 5 nitrogen and oxygen atoms in total. The zero-order valence-electron chi connectivity index (χ0n) is 11.6. The Morgan fingerprint density at radius 1 is 1.32 bits per heavy atom. The molecule has 0 spiro atoms. The van der Waals surface area contributed by atoms with Gasteiger partial charge in [-0.1, -0.05) is 12.1 Å². The summed E-state index contributed by atoms with van der Waals surface area (Å²) < 4.78 is 39.7. The number of nitrogens with one attached hydrogen (secondary N) is 1. The van der Waals surface area contributed by atoms with Gasteiger partial charge in [-0.25, -0.2) is 0 Å². The van der Waals surface area contributed by atoms with Crippen molar-refractivity contribution in [3.8, 4) is 11.8 Å². The number of ketones is 1. The predicted molar refractivity (Wildman–Crippen MR) is 69.6 cm³/mol. The summed E-state index contributed by atoms with van der Waals surface area (Å²) in [5, 5.41) is 11.0. The summed E-state index contributed by atoms with van der Waals surface area (Å²) in [5.41, 5.74) is 0.594. The molecular weight excluding hydrogens is 301 g/mol. The lowest BCUT2D eigenvalue weighted by atomic mass is 9.98. The van der Waals surface area contributed by atoms with Crippen LogP contribution in [-0.4, -0.2) is 25.1 Å². The minimum atomic E-state index is -4.76. The Morgan fingerprint density at radius 2 is 1.91 bits per heavy atom. The number of aryl methyl sites for hydroxylation is 1. The standard InChI is InChI=1S/C14H13F3N2O3/c1-19-13(21)11(8-18)12(20)7-4-9-2-5-10(6-3-9)22-14(15,16)17/h2-3,5-6,11H,4,7H2,1H3,(H,19,21)/t11-/m1/s1. The number of nitriles is 1. The number of nitrogens with zero attached hydrogens (tertiary/aromatic N) is 1. The van der Waals surface area contributed by atoms with Crippen LogP contribution in [0.2, 0.25) is 0 Å². The molecule has 1 atom stereocenters. The number of hydrogen-bond donors (Lipinski definition) is 1. The van der Waals surface area contributed by atoms with Crippen molar-refractivity contribution >= 4 is 11.7 Å². The van der Waals surface area contributed by atoms with Gasteiger partial charge in [-0.3, -0.25) is 9.59 Å². The first-order valence-electron chi connectivity index (χ1n) is 6.25. The molecular formula is C14H13F3N2O3. The van der Waals surface area contributed by atoms with E-state index in [9.17, 15) is 22.8 Å². The Hall–Kier alpha value is -2.56. The molecule has 118 valence electrons. The van der Waals surface area contributed by atoms with Crippen LogP contribution >= 0.6 is 0 Å². The first kappa shape index (κ1) is 17.5. The lowest BCUT2D eigenvalue weighted by Crippen LogP contribution is -2.32. The highest BCUT2D eigenvalue weighted by atomic mass is 19.4. The first-order chi connectivity index (χ1) is 10.3. The number of amides is 1. The van der Waals surface area contributed by atoms with E-state index in [0.29, 0.717) is 5.56 Å². The van der Waals surface area contributed by atoms with Crippen LogP contribution in [0.4, 0.5) is 13.2 Å².